The Bertz CT molecular complexity index is 1040. The minimum atomic E-state index is -2.98. The number of aliphatic hydroxyl groups is 1. The van der Waals surface area contributed by atoms with Crippen LogP contribution in [0.4, 0.5) is 8.78 Å². The van der Waals surface area contributed by atoms with Crippen LogP contribution in [-0.4, -0.2) is 61.6 Å². The van der Waals surface area contributed by atoms with Crippen molar-refractivity contribution in [3.63, 3.8) is 0 Å². The highest BCUT2D eigenvalue weighted by molar-refractivity contribution is 6.15. The Balaban J connectivity index is 1.81. The Morgan fingerprint density at radius 1 is 1.16 bits per heavy atom. The van der Waals surface area contributed by atoms with Gasteiger partial charge in [0.15, 0.2) is 11.5 Å². The molecule has 32 heavy (non-hydrogen) atoms. The average Bonchev–Trinajstić information content (AvgIpc) is 2.77. The van der Waals surface area contributed by atoms with Gasteiger partial charge in [-0.05, 0) is 49.1 Å². The van der Waals surface area contributed by atoms with Crippen molar-refractivity contribution < 1.29 is 28.2 Å². The smallest absolute Gasteiger partial charge is 0.387 e. The fourth-order valence-electron chi connectivity index (χ4n) is 4.55. The van der Waals surface area contributed by atoms with E-state index in [0.717, 1.165) is 16.7 Å². The number of benzene rings is 2. The molecular weight excluding hydrogens is 418 g/mol. The molecule has 2 aromatic rings. The average molecular weight is 444 g/mol. The Morgan fingerprint density at radius 3 is 2.50 bits per heavy atom. The molecule has 6 nitrogen and oxygen atoms in total. The summed E-state index contributed by atoms with van der Waals surface area (Å²) in [6, 6.07) is 10.4. The number of amides is 1. The number of aliphatic hydroxyl groups excluding tert-OH is 1. The third-order valence-electron chi connectivity index (χ3n) is 6.10. The monoisotopic (exact) mass is 444 g/mol. The molecule has 1 aliphatic heterocycles. The van der Waals surface area contributed by atoms with Gasteiger partial charge in [0.25, 0.3) is 5.91 Å². The quantitative estimate of drug-likeness (QED) is 0.761. The highest BCUT2D eigenvalue weighted by Gasteiger charge is 2.37. The van der Waals surface area contributed by atoms with Crippen molar-refractivity contribution in [2.45, 2.75) is 43.9 Å². The molecule has 2 aromatic carbocycles. The lowest BCUT2D eigenvalue weighted by atomic mass is 9.74. The molecule has 1 aliphatic carbocycles. The van der Waals surface area contributed by atoms with Gasteiger partial charge in [0.2, 0.25) is 0 Å². The lowest BCUT2D eigenvalue weighted by Gasteiger charge is -2.37. The van der Waals surface area contributed by atoms with Gasteiger partial charge in [-0.2, -0.15) is 8.78 Å². The second-order valence-corrected chi connectivity index (χ2v) is 8.36. The van der Waals surface area contributed by atoms with Crippen LogP contribution in [0, 0.1) is 0 Å². The number of halogens is 2. The van der Waals surface area contributed by atoms with E-state index in [1.165, 1.54) is 12.0 Å². The van der Waals surface area contributed by atoms with Crippen LogP contribution in [0.25, 0.3) is 0 Å². The van der Waals surface area contributed by atoms with Crippen molar-refractivity contribution in [1.82, 2.24) is 4.90 Å². The first-order valence-corrected chi connectivity index (χ1v) is 10.5. The molecule has 0 bridgehead atoms. The third-order valence-corrected chi connectivity index (χ3v) is 6.10. The number of alkyl halides is 2. The highest BCUT2D eigenvalue weighted by atomic mass is 19.3. The van der Waals surface area contributed by atoms with Crippen LogP contribution in [0.15, 0.2) is 41.4 Å². The van der Waals surface area contributed by atoms with Gasteiger partial charge in [0, 0.05) is 36.7 Å². The van der Waals surface area contributed by atoms with Crippen molar-refractivity contribution in [2.24, 2.45) is 4.99 Å². The maximum absolute atomic E-state index is 13.0. The number of aliphatic imine (C=N–C) groups is 1. The van der Waals surface area contributed by atoms with Crippen LogP contribution in [0.1, 0.15) is 52.2 Å². The summed E-state index contributed by atoms with van der Waals surface area (Å²) >= 11 is 0. The van der Waals surface area contributed by atoms with E-state index in [1.54, 1.807) is 38.4 Å². The molecule has 1 N–H and O–H groups in total. The van der Waals surface area contributed by atoms with Crippen LogP contribution in [-0.2, 0) is 0 Å². The molecular formula is C24H26F2N2O4. The molecule has 8 heteroatoms. The molecule has 0 saturated heterocycles. The van der Waals surface area contributed by atoms with Gasteiger partial charge in [0.05, 0.1) is 25.0 Å². The molecule has 0 aromatic heterocycles. The van der Waals surface area contributed by atoms with Gasteiger partial charge < -0.3 is 19.5 Å². The molecule has 1 heterocycles. The molecule has 3 unspecified atom stereocenters. The lowest BCUT2D eigenvalue weighted by molar-refractivity contribution is -0.0513. The largest absolute Gasteiger partial charge is 0.493 e. The summed E-state index contributed by atoms with van der Waals surface area (Å²) in [4.78, 5) is 18.7. The maximum Gasteiger partial charge on any atom is 0.387 e. The Hall–Kier alpha value is -3.00. The minimum Gasteiger partial charge on any atom is -0.493 e. The van der Waals surface area contributed by atoms with E-state index in [1.807, 2.05) is 12.1 Å². The molecule has 0 spiro atoms. The van der Waals surface area contributed by atoms with E-state index in [-0.39, 0.29) is 29.4 Å². The van der Waals surface area contributed by atoms with E-state index >= 15 is 0 Å². The second-order valence-electron chi connectivity index (χ2n) is 8.36. The summed E-state index contributed by atoms with van der Waals surface area (Å²) in [6.45, 7) is -2.98. The van der Waals surface area contributed by atoms with E-state index < -0.39 is 12.7 Å². The molecule has 0 radical (unpaired) electrons. The Labute approximate surface area is 185 Å². The second kappa shape index (κ2) is 8.86. The standard InChI is InChI=1S/C24H26F2N2O4/c1-28(2)23(30)14-6-4-13(5-7-14)22-18-12-20(31-3)21(32-24(25)26)11-16(18)17-10-15(29)8-9-19(17)27-22/h4-7,11-12,15,17,19,24,29H,8-10H2,1-3H3. The highest BCUT2D eigenvalue weighted by Crippen LogP contribution is 2.45. The number of ether oxygens (including phenoxy) is 2. The Kier molecular flexibility index (Phi) is 6.15. The summed E-state index contributed by atoms with van der Waals surface area (Å²) in [5, 5.41) is 10.2. The zero-order valence-electron chi connectivity index (χ0n) is 18.2. The van der Waals surface area contributed by atoms with Crippen LogP contribution in [0.5, 0.6) is 11.5 Å². The number of carbonyl (C=O) groups excluding carboxylic acids is 1. The SMILES string of the molecule is COc1cc2c(cc1OC(F)F)C1CC(O)CCC1N=C2c1ccc(C(=O)N(C)C)cc1. The zero-order valence-corrected chi connectivity index (χ0v) is 18.2. The van der Waals surface area contributed by atoms with Crippen molar-refractivity contribution in [3.8, 4) is 11.5 Å². The maximum atomic E-state index is 13.0. The fourth-order valence-corrected chi connectivity index (χ4v) is 4.55. The molecule has 3 atom stereocenters. The molecule has 1 amide bonds. The summed E-state index contributed by atoms with van der Waals surface area (Å²) in [5.74, 6) is -0.0449. The van der Waals surface area contributed by atoms with Crippen LogP contribution in [0.3, 0.4) is 0 Å². The summed E-state index contributed by atoms with van der Waals surface area (Å²) in [5.41, 5.74) is 3.65. The van der Waals surface area contributed by atoms with Crippen molar-refractivity contribution in [3.05, 3.63) is 58.7 Å². The number of hydrogen-bond acceptors (Lipinski definition) is 5. The number of methoxy groups -OCH3 is 1. The molecule has 170 valence electrons. The number of carbonyl (C=O) groups is 1. The van der Waals surface area contributed by atoms with E-state index in [4.69, 9.17) is 14.5 Å². The van der Waals surface area contributed by atoms with Gasteiger partial charge in [-0.1, -0.05) is 12.1 Å². The summed E-state index contributed by atoms with van der Waals surface area (Å²) in [6.07, 6.45) is 1.38. The number of nitrogens with zero attached hydrogens (tertiary/aromatic N) is 2. The molecule has 1 fully saturated rings. The van der Waals surface area contributed by atoms with Crippen molar-refractivity contribution in [1.29, 1.82) is 0 Å². The van der Waals surface area contributed by atoms with E-state index in [9.17, 15) is 18.7 Å². The molecule has 2 aliphatic rings. The number of hydrogen-bond donors (Lipinski definition) is 1. The number of rotatable bonds is 5. The van der Waals surface area contributed by atoms with Crippen molar-refractivity contribution in [2.75, 3.05) is 21.2 Å². The van der Waals surface area contributed by atoms with Gasteiger partial charge in [-0.25, -0.2) is 0 Å². The molecule has 1 saturated carbocycles. The van der Waals surface area contributed by atoms with E-state index in [2.05, 4.69) is 0 Å². The summed E-state index contributed by atoms with van der Waals surface area (Å²) in [7, 11) is 4.79. The number of fused-ring (bicyclic) bond motifs is 3. The predicted octanol–water partition coefficient (Wildman–Crippen LogP) is 3.85. The third kappa shape index (κ3) is 4.19. The zero-order chi connectivity index (χ0) is 23.0. The van der Waals surface area contributed by atoms with Gasteiger partial charge in [0.1, 0.15) is 0 Å². The molecule has 4 rings (SSSR count). The van der Waals surface area contributed by atoms with Crippen LogP contribution in [0.2, 0.25) is 0 Å². The topological polar surface area (TPSA) is 71.4 Å². The Morgan fingerprint density at radius 2 is 1.88 bits per heavy atom. The minimum absolute atomic E-state index is 0.0340. The first kappa shape index (κ1) is 22.2. The van der Waals surface area contributed by atoms with Crippen LogP contribution < -0.4 is 9.47 Å². The predicted molar refractivity (Wildman–Crippen MR) is 116 cm³/mol. The first-order valence-electron chi connectivity index (χ1n) is 10.5. The van der Waals surface area contributed by atoms with Gasteiger partial charge >= 0.3 is 6.61 Å². The van der Waals surface area contributed by atoms with Crippen LogP contribution >= 0.6 is 0 Å². The first-order chi connectivity index (χ1) is 15.3. The fraction of sp³-hybridized carbons (Fsp3) is 0.417. The van der Waals surface area contributed by atoms with Gasteiger partial charge in [-0.3, -0.25) is 9.79 Å². The van der Waals surface area contributed by atoms with Crippen molar-refractivity contribution >= 4 is 11.6 Å². The summed E-state index contributed by atoms with van der Waals surface area (Å²) < 4.78 is 36.0. The normalized spacial score (nSPS) is 22.0. The van der Waals surface area contributed by atoms with Gasteiger partial charge in [-0.15, -0.1) is 0 Å². The van der Waals surface area contributed by atoms with E-state index in [0.29, 0.717) is 30.5 Å². The lowest BCUT2D eigenvalue weighted by Crippen LogP contribution is -2.34.